The van der Waals surface area contributed by atoms with Gasteiger partial charge in [0.15, 0.2) is 0 Å². The van der Waals surface area contributed by atoms with E-state index in [1.54, 1.807) is 7.11 Å². The SMILES string of the molecule is COc1ccc2c(c1)OC(C(C)(C)C)CC2N. The van der Waals surface area contributed by atoms with Crippen LogP contribution >= 0.6 is 0 Å². The molecule has 1 heterocycles. The number of ether oxygens (including phenoxy) is 2. The topological polar surface area (TPSA) is 44.5 Å². The Hall–Kier alpha value is -1.22. The normalized spacial score (nSPS) is 23.8. The van der Waals surface area contributed by atoms with Crippen LogP contribution in [0.1, 0.15) is 38.8 Å². The minimum absolute atomic E-state index is 0.0499. The number of hydrogen-bond donors (Lipinski definition) is 1. The molecule has 0 aliphatic carbocycles. The van der Waals surface area contributed by atoms with Crippen molar-refractivity contribution < 1.29 is 9.47 Å². The van der Waals surface area contributed by atoms with Crippen molar-refractivity contribution in [3.05, 3.63) is 23.8 Å². The first-order valence-electron chi connectivity index (χ1n) is 6.02. The smallest absolute Gasteiger partial charge is 0.128 e. The van der Waals surface area contributed by atoms with Crippen LogP contribution in [0, 0.1) is 5.41 Å². The van der Waals surface area contributed by atoms with Crippen LogP contribution in [-0.2, 0) is 0 Å². The van der Waals surface area contributed by atoms with Crippen LogP contribution in [0.25, 0.3) is 0 Å². The Bertz CT molecular complexity index is 409. The summed E-state index contributed by atoms with van der Waals surface area (Å²) in [7, 11) is 1.66. The van der Waals surface area contributed by atoms with Gasteiger partial charge in [-0.3, -0.25) is 0 Å². The van der Waals surface area contributed by atoms with E-state index in [2.05, 4.69) is 20.8 Å². The van der Waals surface area contributed by atoms with Crippen LogP contribution in [0.4, 0.5) is 0 Å². The van der Waals surface area contributed by atoms with Gasteiger partial charge in [0.1, 0.15) is 17.6 Å². The average molecular weight is 235 g/mol. The van der Waals surface area contributed by atoms with Crippen molar-refractivity contribution in [1.82, 2.24) is 0 Å². The third-order valence-corrected chi connectivity index (χ3v) is 3.32. The molecule has 17 heavy (non-hydrogen) atoms. The van der Waals surface area contributed by atoms with Crippen molar-refractivity contribution >= 4 is 0 Å². The summed E-state index contributed by atoms with van der Waals surface area (Å²) >= 11 is 0. The first kappa shape index (κ1) is 12.2. The molecule has 0 fully saturated rings. The number of benzene rings is 1. The first-order valence-corrected chi connectivity index (χ1v) is 6.02. The molecule has 3 heteroatoms. The molecule has 1 aliphatic heterocycles. The van der Waals surface area contributed by atoms with Crippen LogP contribution in [0.5, 0.6) is 11.5 Å². The molecule has 0 radical (unpaired) electrons. The fourth-order valence-corrected chi connectivity index (χ4v) is 2.14. The van der Waals surface area contributed by atoms with E-state index in [4.69, 9.17) is 15.2 Å². The molecule has 1 aromatic rings. The van der Waals surface area contributed by atoms with Gasteiger partial charge < -0.3 is 15.2 Å². The predicted molar refractivity (Wildman–Crippen MR) is 68.4 cm³/mol. The summed E-state index contributed by atoms with van der Waals surface area (Å²) in [6.07, 6.45) is 1.01. The fourth-order valence-electron chi connectivity index (χ4n) is 2.14. The molecule has 2 atom stereocenters. The lowest BCUT2D eigenvalue weighted by molar-refractivity contribution is 0.0579. The largest absolute Gasteiger partial charge is 0.497 e. The van der Waals surface area contributed by atoms with Gasteiger partial charge in [0, 0.05) is 24.1 Å². The first-order chi connectivity index (χ1) is 7.91. The van der Waals surface area contributed by atoms with Gasteiger partial charge >= 0.3 is 0 Å². The van der Waals surface area contributed by atoms with Gasteiger partial charge in [-0.25, -0.2) is 0 Å². The van der Waals surface area contributed by atoms with Crippen molar-refractivity contribution in [1.29, 1.82) is 0 Å². The minimum atomic E-state index is 0.0499. The van der Waals surface area contributed by atoms with Crippen molar-refractivity contribution in [3.63, 3.8) is 0 Å². The Morgan fingerprint density at radius 1 is 1.35 bits per heavy atom. The molecular weight excluding hydrogens is 214 g/mol. The molecule has 1 aliphatic rings. The highest BCUT2D eigenvalue weighted by Gasteiger charge is 2.34. The summed E-state index contributed by atoms with van der Waals surface area (Å²) in [6.45, 7) is 6.53. The Morgan fingerprint density at radius 3 is 2.65 bits per heavy atom. The Kier molecular flexibility index (Phi) is 3.04. The molecular formula is C14H21NO2. The van der Waals surface area contributed by atoms with Crippen LogP contribution in [0.15, 0.2) is 18.2 Å². The van der Waals surface area contributed by atoms with Gasteiger partial charge in [0.2, 0.25) is 0 Å². The second-order valence-corrected chi connectivity index (χ2v) is 5.72. The van der Waals surface area contributed by atoms with Gasteiger partial charge in [0.25, 0.3) is 0 Å². The zero-order chi connectivity index (χ0) is 12.6. The highest BCUT2D eigenvalue weighted by molar-refractivity contribution is 5.44. The Morgan fingerprint density at radius 2 is 2.06 bits per heavy atom. The lowest BCUT2D eigenvalue weighted by atomic mass is 9.82. The highest BCUT2D eigenvalue weighted by atomic mass is 16.5. The minimum Gasteiger partial charge on any atom is -0.497 e. The van der Waals surface area contributed by atoms with Crippen molar-refractivity contribution in [3.8, 4) is 11.5 Å². The molecule has 2 unspecified atom stereocenters. The molecule has 3 nitrogen and oxygen atoms in total. The zero-order valence-electron chi connectivity index (χ0n) is 11.0. The predicted octanol–water partition coefficient (Wildman–Crippen LogP) is 2.89. The average Bonchev–Trinajstić information content (AvgIpc) is 2.27. The van der Waals surface area contributed by atoms with Crippen LogP contribution in [0.2, 0.25) is 0 Å². The van der Waals surface area contributed by atoms with E-state index >= 15 is 0 Å². The summed E-state index contributed by atoms with van der Waals surface area (Å²) in [5, 5.41) is 0. The second-order valence-electron chi connectivity index (χ2n) is 5.72. The lowest BCUT2D eigenvalue weighted by Crippen LogP contribution is -2.38. The van der Waals surface area contributed by atoms with Crippen molar-refractivity contribution in [2.75, 3.05) is 7.11 Å². The number of nitrogens with two attached hydrogens (primary N) is 1. The second kappa shape index (κ2) is 4.22. The van der Waals surface area contributed by atoms with E-state index in [1.165, 1.54) is 0 Å². The van der Waals surface area contributed by atoms with E-state index < -0.39 is 0 Å². The molecule has 2 rings (SSSR count). The Balaban J connectivity index is 2.34. The van der Waals surface area contributed by atoms with E-state index in [0.717, 1.165) is 23.5 Å². The molecule has 0 saturated heterocycles. The van der Waals surface area contributed by atoms with Crippen molar-refractivity contribution in [2.45, 2.75) is 39.3 Å². The molecule has 0 spiro atoms. The van der Waals surface area contributed by atoms with E-state index in [1.807, 2.05) is 18.2 Å². The summed E-state index contributed by atoms with van der Waals surface area (Å²) in [5.74, 6) is 1.67. The highest BCUT2D eigenvalue weighted by Crippen LogP contribution is 2.40. The summed E-state index contributed by atoms with van der Waals surface area (Å²) in [5.41, 5.74) is 7.38. The summed E-state index contributed by atoms with van der Waals surface area (Å²) in [6, 6.07) is 5.90. The summed E-state index contributed by atoms with van der Waals surface area (Å²) < 4.78 is 11.3. The van der Waals surface area contributed by atoms with Gasteiger partial charge in [-0.15, -0.1) is 0 Å². The third kappa shape index (κ3) is 2.39. The summed E-state index contributed by atoms with van der Waals surface area (Å²) in [4.78, 5) is 0. The van der Waals surface area contributed by atoms with E-state index in [0.29, 0.717) is 0 Å². The molecule has 0 aromatic heterocycles. The molecule has 0 saturated carbocycles. The Labute approximate surface area is 103 Å². The lowest BCUT2D eigenvalue weighted by Gasteiger charge is -2.38. The van der Waals surface area contributed by atoms with E-state index in [9.17, 15) is 0 Å². The third-order valence-electron chi connectivity index (χ3n) is 3.32. The number of rotatable bonds is 1. The van der Waals surface area contributed by atoms with Gasteiger partial charge in [-0.1, -0.05) is 26.8 Å². The molecule has 0 amide bonds. The van der Waals surface area contributed by atoms with Gasteiger partial charge in [0.05, 0.1) is 7.11 Å². The zero-order valence-corrected chi connectivity index (χ0v) is 11.0. The quantitative estimate of drug-likeness (QED) is 0.814. The van der Waals surface area contributed by atoms with Crippen LogP contribution in [-0.4, -0.2) is 13.2 Å². The molecule has 2 N–H and O–H groups in total. The number of methoxy groups -OCH3 is 1. The fraction of sp³-hybridized carbons (Fsp3) is 0.571. The van der Waals surface area contributed by atoms with E-state index in [-0.39, 0.29) is 17.6 Å². The molecule has 94 valence electrons. The maximum atomic E-state index is 6.20. The maximum Gasteiger partial charge on any atom is 0.128 e. The van der Waals surface area contributed by atoms with Crippen LogP contribution in [0.3, 0.4) is 0 Å². The van der Waals surface area contributed by atoms with Gasteiger partial charge in [-0.2, -0.15) is 0 Å². The maximum absolute atomic E-state index is 6.20. The number of hydrogen-bond acceptors (Lipinski definition) is 3. The van der Waals surface area contributed by atoms with Gasteiger partial charge in [-0.05, 0) is 11.5 Å². The monoisotopic (exact) mass is 235 g/mol. The standard InChI is InChI=1S/C14H21NO2/c1-14(2,3)13-8-11(15)10-6-5-9(16-4)7-12(10)17-13/h5-7,11,13H,8,15H2,1-4H3. The number of fused-ring (bicyclic) bond motifs is 1. The van der Waals surface area contributed by atoms with Crippen LogP contribution < -0.4 is 15.2 Å². The molecule has 0 bridgehead atoms. The molecule has 1 aromatic carbocycles. The van der Waals surface area contributed by atoms with Crippen molar-refractivity contribution in [2.24, 2.45) is 11.1 Å².